The minimum Gasteiger partial charge on any atom is -0.508 e. The summed E-state index contributed by atoms with van der Waals surface area (Å²) in [5.74, 6) is -2.17. The van der Waals surface area contributed by atoms with Gasteiger partial charge in [0.2, 0.25) is 11.8 Å². The maximum Gasteiger partial charge on any atom is 0.324 e. The summed E-state index contributed by atoms with van der Waals surface area (Å²) in [7, 11) is 3.30. The highest BCUT2D eigenvalue weighted by atomic mass is 32.1. The molecule has 2 aromatic carbocycles. The number of pyridine rings is 1. The van der Waals surface area contributed by atoms with Crippen molar-refractivity contribution in [1.29, 1.82) is 0 Å². The average molecular weight is 973 g/mol. The van der Waals surface area contributed by atoms with Crippen LogP contribution in [0.15, 0.2) is 54.9 Å². The van der Waals surface area contributed by atoms with Crippen molar-refractivity contribution < 1.29 is 38.5 Å². The van der Waals surface area contributed by atoms with E-state index in [2.05, 4.69) is 53.2 Å². The van der Waals surface area contributed by atoms with E-state index in [0.717, 1.165) is 44.4 Å². The number of phenols is 1. The molecule has 2 aromatic heterocycles. The lowest BCUT2D eigenvalue weighted by Crippen LogP contribution is -2.62. The number of phenolic OH excluding ortho intramolecular Hbond substituents is 1. The minimum absolute atomic E-state index is 0. The molecule has 2 fully saturated rings. The normalized spacial score (nSPS) is 19.9. The van der Waals surface area contributed by atoms with Gasteiger partial charge in [-0.1, -0.05) is 39.8 Å². The lowest BCUT2D eigenvalue weighted by atomic mass is 9.84. The number of rotatable bonds is 9. The first-order chi connectivity index (χ1) is 29.2. The lowest BCUT2D eigenvalue weighted by molar-refractivity contribution is -0.155. The molecule has 0 unspecified atom stereocenters. The number of aryl methyl sites for hydroxylation is 1. The van der Waals surface area contributed by atoms with E-state index >= 15 is 0 Å². The standard InChI is InChI=1S/C47H60N6O8.4H2S/c1-8-52-40-12-11-30-22-35(40)36(42(52)37-24-48-15-13-31(37)25-59-7)23-47(4,5)27-61-46(58)38-10-9-16-53(50-38)45(57)39(20-29-18-33(30)21-34(54)19-29)49-43(55)41(28(2)3)51(6)44(56)32-14-17-60-26-32;;;;/h11-13,15,18-19,21-22,24,28,32,38-39,41,50,54H,8-10,14,16-17,20,23,25-27H2,1-7H3,(H,49,55);4*1H2/t32-,38-,39-,41-;;;;/m0..../s1. The number of hydrogen-bond acceptors (Lipinski definition) is 10. The number of esters is 1. The number of fused-ring (bicyclic) bond motifs is 6. The van der Waals surface area contributed by atoms with Gasteiger partial charge in [-0.05, 0) is 96.7 Å². The second-order valence-electron chi connectivity index (χ2n) is 17.9. The van der Waals surface area contributed by atoms with E-state index < -0.39 is 41.3 Å². The van der Waals surface area contributed by atoms with Crippen LogP contribution in [0.4, 0.5) is 0 Å². The smallest absolute Gasteiger partial charge is 0.324 e. The van der Waals surface area contributed by atoms with E-state index in [4.69, 9.17) is 14.2 Å². The van der Waals surface area contributed by atoms with E-state index in [1.807, 2.05) is 38.2 Å². The molecule has 7 rings (SSSR count). The van der Waals surface area contributed by atoms with Crippen LogP contribution in [0.5, 0.6) is 5.75 Å². The van der Waals surface area contributed by atoms with E-state index in [1.54, 1.807) is 32.5 Å². The molecule has 3 N–H and O–H groups in total. The van der Waals surface area contributed by atoms with Gasteiger partial charge in [-0.25, -0.2) is 5.43 Å². The molecular formula is C47H68N6O8S4. The Bertz CT molecular complexity index is 2300. The summed E-state index contributed by atoms with van der Waals surface area (Å²) in [6, 6.07) is 10.7. The van der Waals surface area contributed by atoms with Crippen LogP contribution in [0.1, 0.15) is 70.6 Å². The van der Waals surface area contributed by atoms with Gasteiger partial charge in [-0.3, -0.25) is 29.2 Å². The van der Waals surface area contributed by atoms with Crippen LogP contribution >= 0.6 is 54.0 Å². The molecule has 0 spiro atoms. The number of nitrogens with one attached hydrogen (secondary N) is 2. The molecule has 0 saturated carbocycles. The average Bonchev–Trinajstić information content (AvgIpc) is 3.88. The molecular weight excluding hydrogens is 905 g/mol. The number of carbonyl (C=O) groups excluding carboxylic acids is 4. The number of likely N-dealkylation sites (N-methyl/N-ethyl adjacent to an activating group) is 1. The molecule has 6 bridgehead atoms. The topological polar surface area (TPSA) is 165 Å². The van der Waals surface area contributed by atoms with Crippen LogP contribution in [-0.4, -0.2) is 107 Å². The first-order valence-electron chi connectivity index (χ1n) is 21.5. The number of methoxy groups -OCH3 is 1. The van der Waals surface area contributed by atoms with Crippen molar-refractivity contribution in [1.82, 2.24) is 30.2 Å². The van der Waals surface area contributed by atoms with Crippen LogP contribution in [0.3, 0.4) is 0 Å². The molecule has 3 amide bonds. The first-order valence-corrected chi connectivity index (χ1v) is 21.5. The minimum atomic E-state index is -1.11. The van der Waals surface area contributed by atoms with E-state index in [1.165, 1.54) is 9.91 Å². The largest absolute Gasteiger partial charge is 0.508 e. The van der Waals surface area contributed by atoms with Crippen molar-refractivity contribution in [3.8, 4) is 28.1 Å². The summed E-state index contributed by atoms with van der Waals surface area (Å²) < 4.78 is 19.5. The third kappa shape index (κ3) is 12.2. The maximum absolute atomic E-state index is 14.6. The van der Waals surface area contributed by atoms with Crippen LogP contribution in [0.2, 0.25) is 0 Å². The molecule has 14 nitrogen and oxygen atoms in total. The van der Waals surface area contributed by atoms with Gasteiger partial charge in [0.05, 0.1) is 31.4 Å². The number of nitrogens with zero attached hydrogens (tertiary/aromatic N) is 4. The quantitative estimate of drug-likeness (QED) is 0.173. The molecule has 18 heteroatoms. The summed E-state index contributed by atoms with van der Waals surface area (Å²) in [5.41, 5.74) is 9.88. The molecule has 358 valence electrons. The predicted octanol–water partition coefficient (Wildman–Crippen LogP) is 5.86. The molecule has 4 aromatic rings. The van der Waals surface area contributed by atoms with E-state index in [0.29, 0.717) is 64.2 Å². The van der Waals surface area contributed by atoms with Crippen molar-refractivity contribution in [2.24, 2.45) is 17.3 Å². The van der Waals surface area contributed by atoms with Gasteiger partial charge in [0.25, 0.3) is 5.91 Å². The Kier molecular flexibility index (Phi) is 20.2. The highest BCUT2D eigenvalue weighted by Gasteiger charge is 2.39. The van der Waals surface area contributed by atoms with Crippen molar-refractivity contribution in [2.75, 3.05) is 40.5 Å². The number of amides is 3. The van der Waals surface area contributed by atoms with Gasteiger partial charge in [-0.15, -0.1) is 0 Å². The van der Waals surface area contributed by atoms with Crippen LogP contribution in [-0.2, 0) is 59.4 Å². The molecule has 0 aliphatic carbocycles. The SMILES string of the molecule is CCn1c(-c2cnccc2COC)c2c3cc(ccc31)-c1cc(O)cc(c1)C[C@H](NC(=O)[C@H](C(C)C)N(C)C(=O)[C@H]1CCOC1)C(=O)N1CCC[C@H](N1)C(=O)OCC(C)(C)C2.S.S.S.S. The van der Waals surface area contributed by atoms with Crippen molar-refractivity contribution in [3.63, 3.8) is 0 Å². The molecule has 0 radical (unpaired) electrons. The highest BCUT2D eigenvalue weighted by Crippen LogP contribution is 2.41. The third-order valence-electron chi connectivity index (χ3n) is 12.3. The van der Waals surface area contributed by atoms with Crippen molar-refractivity contribution in [3.05, 3.63) is 71.5 Å². The Morgan fingerprint density at radius 1 is 1.06 bits per heavy atom. The van der Waals surface area contributed by atoms with Gasteiger partial charge < -0.3 is 34.1 Å². The Morgan fingerprint density at radius 3 is 2.49 bits per heavy atom. The Labute approximate surface area is 410 Å². The fraction of sp³-hybridized carbons (Fsp3) is 0.511. The summed E-state index contributed by atoms with van der Waals surface area (Å²) in [5, 5.41) is 16.7. The number of hydrogen-bond donors (Lipinski definition) is 3. The second kappa shape index (κ2) is 23.7. The fourth-order valence-corrected chi connectivity index (χ4v) is 9.27. The van der Waals surface area contributed by atoms with Crippen molar-refractivity contribution >= 4 is 88.6 Å². The van der Waals surface area contributed by atoms with Crippen LogP contribution in [0.25, 0.3) is 33.3 Å². The molecule has 3 aliphatic rings. The Hall–Kier alpha value is -3.91. The summed E-state index contributed by atoms with van der Waals surface area (Å²) >= 11 is 0. The molecule has 5 heterocycles. The second-order valence-corrected chi connectivity index (χ2v) is 17.9. The van der Waals surface area contributed by atoms with Gasteiger partial charge >= 0.3 is 5.97 Å². The predicted molar refractivity (Wildman–Crippen MR) is 272 cm³/mol. The van der Waals surface area contributed by atoms with Crippen molar-refractivity contribution in [2.45, 2.75) is 98.0 Å². The van der Waals surface area contributed by atoms with Gasteiger partial charge in [0.15, 0.2) is 0 Å². The number of benzene rings is 2. The zero-order valence-corrected chi connectivity index (χ0v) is 42.5. The Balaban J connectivity index is 0.00000281. The number of aromatic nitrogens is 2. The lowest BCUT2D eigenvalue weighted by Gasteiger charge is -2.37. The number of ether oxygens (including phenoxy) is 3. The molecule has 4 atom stereocenters. The summed E-state index contributed by atoms with van der Waals surface area (Å²) in [6.07, 6.45) is 5.81. The number of cyclic esters (lactones) is 1. The maximum atomic E-state index is 14.6. The zero-order valence-electron chi connectivity index (χ0n) is 38.5. The monoisotopic (exact) mass is 972 g/mol. The van der Waals surface area contributed by atoms with Crippen LogP contribution < -0.4 is 10.7 Å². The van der Waals surface area contributed by atoms with Crippen LogP contribution in [0, 0.1) is 17.3 Å². The highest BCUT2D eigenvalue weighted by molar-refractivity contribution is 7.59. The fourth-order valence-electron chi connectivity index (χ4n) is 9.27. The molecule has 2 saturated heterocycles. The summed E-state index contributed by atoms with van der Waals surface area (Å²) in [6.45, 7) is 12.3. The van der Waals surface area contributed by atoms with E-state index in [-0.39, 0.29) is 90.5 Å². The zero-order chi connectivity index (χ0) is 43.6. The Morgan fingerprint density at radius 2 is 1.82 bits per heavy atom. The van der Waals surface area contributed by atoms with Gasteiger partial charge in [0.1, 0.15) is 23.9 Å². The first kappa shape index (κ1) is 55.4. The number of aromatic hydroxyl groups is 1. The van der Waals surface area contributed by atoms with E-state index in [9.17, 15) is 24.3 Å². The van der Waals surface area contributed by atoms with Gasteiger partial charge in [0, 0.05) is 74.5 Å². The third-order valence-corrected chi connectivity index (χ3v) is 12.3. The number of carbonyl (C=O) groups is 4. The number of hydrazine groups is 1. The van der Waals surface area contributed by atoms with Gasteiger partial charge in [-0.2, -0.15) is 54.0 Å². The summed E-state index contributed by atoms with van der Waals surface area (Å²) in [4.78, 5) is 62.3. The molecule has 65 heavy (non-hydrogen) atoms. The molecule has 3 aliphatic heterocycles.